The molecule has 3 heteroatoms. The number of benzene rings is 1. The average molecular weight is 185 g/mol. The van der Waals surface area contributed by atoms with Gasteiger partial charge in [-0.15, -0.1) is 0 Å². The van der Waals surface area contributed by atoms with Crippen LogP contribution in [0.2, 0.25) is 0 Å². The van der Waals surface area contributed by atoms with Gasteiger partial charge in [0.2, 0.25) is 0 Å². The van der Waals surface area contributed by atoms with Crippen LogP contribution in [-0.2, 0) is 6.54 Å². The van der Waals surface area contributed by atoms with Gasteiger partial charge in [0.15, 0.2) is 0 Å². The third-order valence-corrected chi connectivity index (χ3v) is 1.95. The highest BCUT2D eigenvalue weighted by atomic mass is 19.1. The van der Waals surface area contributed by atoms with Crippen molar-refractivity contribution in [3.63, 3.8) is 0 Å². The Kier molecular flexibility index (Phi) is 2.98. The maximum absolute atomic E-state index is 13.3. The molecule has 0 saturated heterocycles. The smallest absolute Gasteiger partial charge is 0.129 e. The molecule has 1 aromatic rings. The molecule has 0 bridgehead atoms. The minimum atomic E-state index is -0.504. The van der Waals surface area contributed by atoms with Crippen molar-refractivity contribution in [1.29, 1.82) is 0 Å². The van der Waals surface area contributed by atoms with E-state index in [1.54, 1.807) is 13.8 Å². The Bertz CT molecular complexity index is 285. The molecular formula is C10H13F2N. The van der Waals surface area contributed by atoms with Crippen LogP contribution >= 0.6 is 0 Å². The number of hydrogen-bond acceptors (Lipinski definition) is 1. The van der Waals surface area contributed by atoms with E-state index in [0.29, 0.717) is 5.56 Å². The molecule has 0 aliphatic rings. The first-order chi connectivity index (χ1) is 6.06. The second kappa shape index (κ2) is 3.83. The van der Waals surface area contributed by atoms with Crippen LogP contribution in [0.4, 0.5) is 8.78 Å². The Morgan fingerprint density at radius 1 is 1.23 bits per heavy atom. The predicted molar refractivity (Wildman–Crippen MR) is 48.3 cm³/mol. The minimum absolute atomic E-state index is 0.136. The molecular weight excluding hydrogens is 172 g/mol. The highest BCUT2D eigenvalue weighted by molar-refractivity contribution is 5.28. The average Bonchev–Trinajstić information content (AvgIpc) is 2.02. The summed E-state index contributed by atoms with van der Waals surface area (Å²) in [4.78, 5) is 0. The van der Waals surface area contributed by atoms with Gasteiger partial charge in [0.1, 0.15) is 11.6 Å². The van der Waals surface area contributed by atoms with Gasteiger partial charge in [-0.05, 0) is 23.6 Å². The third-order valence-electron chi connectivity index (χ3n) is 1.95. The molecule has 1 rings (SSSR count). The second-order valence-electron chi connectivity index (χ2n) is 3.33. The highest BCUT2D eigenvalue weighted by Crippen LogP contribution is 2.23. The van der Waals surface area contributed by atoms with Gasteiger partial charge in [-0.3, -0.25) is 0 Å². The van der Waals surface area contributed by atoms with Crippen molar-refractivity contribution in [2.24, 2.45) is 5.73 Å². The lowest BCUT2D eigenvalue weighted by Crippen LogP contribution is -2.03. The van der Waals surface area contributed by atoms with Crippen LogP contribution in [0, 0.1) is 11.6 Å². The summed E-state index contributed by atoms with van der Waals surface area (Å²) >= 11 is 0. The first-order valence-corrected chi connectivity index (χ1v) is 4.24. The summed E-state index contributed by atoms with van der Waals surface area (Å²) in [6.45, 7) is 3.67. The first kappa shape index (κ1) is 10.1. The molecule has 0 saturated carbocycles. The van der Waals surface area contributed by atoms with Crippen molar-refractivity contribution in [3.05, 3.63) is 34.9 Å². The van der Waals surface area contributed by atoms with Crippen molar-refractivity contribution < 1.29 is 8.78 Å². The molecule has 0 aliphatic heterocycles. The lowest BCUT2D eigenvalue weighted by Gasteiger charge is -2.09. The Labute approximate surface area is 76.6 Å². The Hall–Kier alpha value is -0.960. The Morgan fingerprint density at radius 2 is 1.69 bits per heavy atom. The van der Waals surface area contributed by atoms with Crippen LogP contribution < -0.4 is 5.73 Å². The zero-order chi connectivity index (χ0) is 10.0. The van der Waals surface area contributed by atoms with Crippen LogP contribution in [-0.4, -0.2) is 0 Å². The van der Waals surface area contributed by atoms with E-state index in [0.717, 1.165) is 0 Å². The summed E-state index contributed by atoms with van der Waals surface area (Å²) in [5.41, 5.74) is 5.90. The topological polar surface area (TPSA) is 26.0 Å². The number of nitrogens with two attached hydrogens (primary N) is 1. The molecule has 0 aromatic heterocycles. The molecule has 0 aliphatic carbocycles. The van der Waals surface area contributed by atoms with Gasteiger partial charge in [-0.1, -0.05) is 13.8 Å². The zero-order valence-corrected chi connectivity index (χ0v) is 7.77. The monoisotopic (exact) mass is 185 g/mol. The van der Waals surface area contributed by atoms with E-state index in [1.165, 1.54) is 12.1 Å². The van der Waals surface area contributed by atoms with Crippen molar-refractivity contribution in [1.82, 2.24) is 0 Å². The van der Waals surface area contributed by atoms with E-state index in [2.05, 4.69) is 0 Å². The summed E-state index contributed by atoms with van der Waals surface area (Å²) in [6, 6.07) is 2.58. The molecule has 0 amide bonds. The molecule has 0 heterocycles. The molecule has 13 heavy (non-hydrogen) atoms. The molecule has 0 atom stereocenters. The number of halogens is 2. The lowest BCUT2D eigenvalue weighted by molar-refractivity contribution is 0.539. The molecule has 2 N–H and O–H groups in total. The second-order valence-corrected chi connectivity index (χ2v) is 3.33. The fourth-order valence-corrected chi connectivity index (χ4v) is 1.31. The van der Waals surface area contributed by atoms with Crippen molar-refractivity contribution in [3.8, 4) is 0 Å². The minimum Gasteiger partial charge on any atom is -0.326 e. The third kappa shape index (κ3) is 2.04. The SMILES string of the molecule is CC(C)c1c(F)cc(CN)cc1F. The van der Waals surface area contributed by atoms with Crippen molar-refractivity contribution >= 4 is 0 Å². The van der Waals surface area contributed by atoms with Gasteiger partial charge < -0.3 is 5.73 Å². The van der Waals surface area contributed by atoms with Crippen LogP contribution in [0.3, 0.4) is 0 Å². The van der Waals surface area contributed by atoms with Crippen molar-refractivity contribution in [2.45, 2.75) is 26.3 Å². The van der Waals surface area contributed by atoms with Gasteiger partial charge in [0.05, 0.1) is 0 Å². The summed E-state index contributed by atoms with van der Waals surface area (Å²) in [6.07, 6.45) is 0. The maximum Gasteiger partial charge on any atom is 0.129 e. The maximum atomic E-state index is 13.3. The summed E-state index contributed by atoms with van der Waals surface area (Å²) < 4.78 is 26.5. The van der Waals surface area contributed by atoms with E-state index in [9.17, 15) is 8.78 Å². The fourth-order valence-electron chi connectivity index (χ4n) is 1.31. The Morgan fingerprint density at radius 3 is 2.00 bits per heavy atom. The zero-order valence-electron chi connectivity index (χ0n) is 7.77. The molecule has 0 radical (unpaired) electrons. The van der Waals surface area contributed by atoms with E-state index in [4.69, 9.17) is 5.73 Å². The summed E-state index contributed by atoms with van der Waals surface area (Å²) in [5, 5.41) is 0. The van der Waals surface area contributed by atoms with E-state index in [-0.39, 0.29) is 18.0 Å². The van der Waals surface area contributed by atoms with Crippen LogP contribution in [0.1, 0.15) is 30.9 Å². The highest BCUT2D eigenvalue weighted by Gasteiger charge is 2.13. The van der Waals surface area contributed by atoms with E-state index >= 15 is 0 Å². The summed E-state index contributed by atoms with van der Waals surface area (Å²) in [5.74, 6) is -1.15. The van der Waals surface area contributed by atoms with Gasteiger partial charge in [0.25, 0.3) is 0 Å². The molecule has 0 spiro atoms. The standard InChI is InChI=1S/C10H13F2N/c1-6(2)10-8(11)3-7(5-13)4-9(10)12/h3-4,6H,5,13H2,1-2H3. The van der Waals surface area contributed by atoms with Gasteiger partial charge >= 0.3 is 0 Å². The molecule has 1 aromatic carbocycles. The quantitative estimate of drug-likeness (QED) is 0.752. The fraction of sp³-hybridized carbons (Fsp3) is 0.400. The van der Waals surface area contributed by atoms with E-state index < -0.39 is 11.6 Å². The first-order valence-electron chi connectivity index (χ1n) is 4.24. The van der Waals surface area contributed by atoms with Gasteiger partial charge in [-0.2, -0.15) is 0 Å². The molecule has 0 unspecified atom stereocenters. The molecule has 0 fully saturated rings. The van der Waals surface area contributed by atoms with Crippen LogP contribution in [0.15, 0.2) is 12.1 Å². The lowest BCUT2D eigenvalue weighted by atomic mass is 10.00. The van der Waals surface area contributed by atoms with Crippen LogP contribution in [0.25, 0.3) is 0 Å². The van der Waals surface area contributed by atoms with E-state index in [1.807, 2.05) is 0 Å². The van der Waals surface area contributed by atoms with Crippen LogP contribution in [0.5, 0.6) is 0 Å². The summed E-state index contributed by atoms with van der Waals surface area (Å²) in [7, 11) is 0. The molecule has 72 valence electrons. The largest absolute Gasteiger partial charge is 0.326 e. The number of rotatable bonds is 2. The Balaban J connectivity index is 3.23. The number of hydrogen-bond donors (Lipinski definition) is 1. The normalized spacial score (nSPS) is 10.9. The predicted octanol–water partition coefficient (Wildman–Crippen LogP) is 2.55. The van der Waals surface area contributed by atoms with Crippen molar-refractivity contribution in [2.75, 3.05) is 0 Å². The van der Waals surface area contributed by atoms with Gasteiger partial charge in [-0.25, -0.2) is 8.78 Å². The van der Waals surface area contributed by atoms with Gasteiger partial charge in [0, 0.05) is 12.1 Å². The molecule has 1 nitrogen and oxygen atoms in total.